The lowest BCUT2D eigenvalue weighted by Gasteiger charge is -2.04. The summed E-state index contributed by atoms with van der Waals surface area (Å²) in [4.78, 5) is 14.6. The fourth-order valence-corrected chi connectivity index (χ4v) is 1.61. The monoisotopic (exact) mass is 225 g/mol. The normalized spacial score (nSPS) is 9.82. The Morgan fingerprint density at radius 1 is 1.35 bits per heavy atom. The molecule has 1 aromatic carbocycles. The summed E-state index contributed by atoms with van der Waals surface area (Å²) in [5.74, 6) is 0. The third kappa shape index (κ3) is 2.58. The first-order valence-corrected chi connectivity index (χ1v) is 5.28. The lowest BCUT2D eigenvalue weighted by Crippen LogP contribution is -2.03. The van der Waals surface area contributed by atoms with Gasteiger partial charge in [0.1, 0.15) is 5.69 Å². The molecule has 84 valence electrons. The van der Waals surface area contributed by atoms with E-state index in [0.29, 0.717) is 17.8 Å². The van der Waals surface area contributed by atoms with Gasteiger partial charge in [-0.2, -0.15) is 5.26 Å². The number of aldehydes is 1. The number of imidazole rings is 1. The summed E-state index contributed by atoms with van der Waals surface area (Å²) in [6.45, 7) is 0.708. The highest BCUT2D eigenvalue weighted by molar-refractivity contribution is 5.71. The molecule has 0 fully saturated rings. The molecular weight excluding hydrogens is 214 g/mol. The average Bonchev–Trinajstić information content (AvgIpc) is 2.84. The Bertz CT molecular complexity index is 549. The summed E-state index contributed by atoms with van der Waals surface area (Å²) >= 11 is 0. The molecule has 0 aliphatic heterocycles. The predicted octanol–water partition coefficient (Wildman–Crippen LogP) is 1.81. The van der Waals surface area contributed by atoms with Gasteiger partial charge in [-0.05, 0) is 24.1 Å². The Balaban J connectivity index is 2.02. The molecule has 0 saturated heterocycles. The van der Waals surface area contributed by atoms with Crippen molar-refractivity contribution in [2.24, 2.45) is 0 Å². The standard InChI is InChI=1S/C13H11N3O/c14-7-12-3-1-11(2-4-12)5-6-16-10-15-8-13(16)9-17/h1-4,8-10H,5-6H2. The van der Waals surface area contributed by atoms with Crippen LogP contribution in [0.3, 0.4) is 0 Å². The fraction of sp³-hybridized carbons (Fsp3) is 0.154. The second kappa shape index (κ2) is 5.08. The van der Waals surface area contributed by atoms with Gasteiger partial charge >= 0.3 is 0 Å². The van der Waals surface area contributed by atoms with Crippen molar-refractivity contribution < 1.29 is 4.79 Å². The van der Waals surface area contributed by atoms with E-state index >= 15 is 0 Å². The largest absolute Gasteiger partial charge is 0.328 e. The van der Waals surface area contributed by atoms with E-state index in [2.05, 4.69) is 11.1 Å². The molecule has 1 heterocycles. The Kier molecular flexibility index (Phi) is 3.31. The first-order chi connectivity index (χ1) is 8.33. The molecule has 1 aromatic heterocycles. The van der Waals surface area contributed by atoms with Crippen LogP contribution in [0.4, 0.5) is 0 Å². The maximum absolute atomic E-state index is 10.7. The molecule has 0 atom stereocenters. The van der Waals surface area contributed by atoms with Gasteiger partial charge in [-0.3, -0.25) is 4.79 Å². The molecule has 2 aromatic rings. The lowest BCUT2D eigenvalue weighted by molar-refractivity contribution is 0.111. The van der Waals surface area contributed by atoms with Crippen LogP contribution in [0.2, 0.25) is 0 Å². The number of nitriles is 1. The van der Waals surface area contributed by atoms with Gasteiger partial charge in [0.2, 0.25) is 0 Å². The second-order valence-electron chi connectivity index (χ2n) is 3.69. The molecule has 0 radical (unpaired) electrons. The zero-order valence-electron chi connectivity index (χ0n) is 9.21. The minimum Gasteiger partial charge on any atom is -0.328 e. The summed E-state index contributed by atoms with van der Waals surface area (Å²) in [5, 5.41) is 8.68. The van der Waals surface area contributed by atoms with Crippen molar-refractivity contribution in [1.82, 2.24) is 9.55 Å². The number of aryl methyl sites for hydroxylation is 2. The minimum absolute atomic E-state index is 0.582. The number of benzene rings is 1. The zero-order chi connectivity index (χ0) is 12.1. The molecule has 0 N–H and O–H groups in total. The minimum atomic E-state index is 0.582. The van der Waals surface area contributed by atoms with Crippen LogP contribution in [-0.4, -0.2) is 15.8 Å². The highest BCUT2D eigenvalue weighted by Crippen LogP contribution is 2.06. The third-order valence-electron chi connectivity index (χ3n) is 2.59. The third-order valence-corrected chi connectivity index (χ3v) is 2.59. The predicted molar refractivity (Wildman–Crippen MR) is 62.5 cm³/mol. The van der Waals surface area contributed by atoms with E-state index < -0.39 is 0 Å². The molecule has 0 spiro atoms. The second-order valence-corrected chi connectivity index (χ2v) is 3.69. The number of rotatable bonds is 4. The van der Waals surface area contributed by atoms with E-state index in [1.54, 1.807) is 24.7 Å². The van der Waals surface area contributed by atoms with Gasteiger partial charge in [0.25, 0.3) is 0 Å². The number of carbonyl (C=O) groups excluding carboxylic acids is 1. The van der Waals surface area contributed by atoms with Crippen molar-refractivity contribution in [1.29, 1.82) is 5.26 Å². The van der Waals surface area contributed by atoms with E-state index in [-0.39, 0.29) is 0 Å². The van der Waals surface area contributed by atoms with Crippen molar-refractivity contribution in [2.75, 3.05) is 0 Å². The zero-order valence-corrected chi connectivity index (χ0v) is 9.21. The summed E-state index contributed by atoms with van der Waals surface area (Å²) in [5.41, 5.74) is 2.37. The van der Waals surface area contributed by atoms with E-state index in [9.17, 15) is 4.79 Å². The van der Waals surface area contributed by atoms with Gasteiger partial charge in [-0.25, -0.2) is 4.98 Å². The molecule has 0 aliphatic carbocycles. The smallest absolute Gasteiger partial charge is 0.168 e. The van der Waals surface area contributed by atoms with Gasteiger partial charge in [0.15, 0.2) is 6.29 Å². The van der Waals surface area contributed by atoms with Crippen molar-refractivity contribution in [3.63, 3.8) is 0 Å². The Labute approximate surface area is 99.1 Å². The Morgan fingerprint density at radius 2 is 2.12 bits per heavy atom. The molecule has 0 saturated carbocycles. The van der Waals surface area contributed by atoms with Crippen molar-refractivity contribution in [2.45, 2.75) is 13.0 Å². The van der Waals surface area contributed by atoms with Gasteiger partial charge in [-0.1, -0.05) is 12.1 Å². The topological polar surface area (TPSA) is 58.7 Å². The lowest BCUT2D eigenvalue weighted by atomic mass is 10.1. The highest BCUT2D eigenvalue weighted by Gasteiger charge is 2.00. The van der Waals surface area contributed by atoms with E-state index in [0.717, 1.165) is 18.3 Å². The van der Waals surface area contributed by atoms with Gasteiger partial charge < -0.3 is 4.57 Å². The SMILES string of the molecule is N#Cc1ccc(CCn2cncc2C=O)cc1. The van der Waals surface area contributed by atoms with Crippen LogP contribution >= 0.6 is 0 Å². The summed E-state index contributed by atoms with van der Waals surface area (Å²) in [7, 11) is 0. The van der Waals surface area contributed by atoms with Gasteiger partial charge in [0, 0.05) is 6.54 Å². The van der Waals surface area contributed by atoms with E-state index in [1.165, 1.54) is 0 Å². The number of aromatic nitrogens is 2. The summed E-state index contributed by atoms with van der Waals surface area (Å²) in [6, 6.07) is 9.52. The molecule has 2 rings (SSSR count). The first-order valence-electron chi connectivity index (χ1n) is 5.28. The van der Waals surface area contributed by atoms with Crippen molar-refractivity contribution >= 4 is 6.29 Å². The van der Waals surface area contributed by atoms with Crippen LogP contribution in [0.25, 0.3) is 0 Å². The molecule has 17 heavy (non-hydrogen) atoms. The summed E-state index contributed by atoms with van der Waals surface area (Å²) < 4.78 is 1.81. The van der Waals surface area contributed by atoms with E-state index in [1.807, 2.05) is 16.7 Å². The quantitative estimate of drug-likeness (QED) is 0.745. The van der Waals surface area contributed by atoms with E-state index in [4.69, 9.17) is 5.26 Å². The molecular formula is C13H11N3O. The molecule has 4 heteroatoms. The molecule has 0 unspecified atom stereocenters. The number of nitrogens with zero attached hydrogens (tertiary/aromatic N) is 3. The Morgan fingerprint density at radius 3 is 2.76 bits per heavy atom. The van der Waals surface area contributed by atoms with Gasteiger partial charge in [0.05, 0.1) is 24.2 Å². The summed E-state index contributed by atoms with van der Waals surface area (Å²) in [6.07, 6.45) is 4.80. The van der Waals surface area contributed by atoms with Crippen LogP contribution in [0.5, 0.6) is 0 Å². The molecule has 0 amide bonds. The van der Waals surface area contributed by atoms with Gasteiger partial charge in [-0.15, -0.1) is 0 Å². The maximum Gasteiger partial charge on any atom is 0.168 e. The maximum atomic E-state index is 10.7. The van der Waals surface area contributed by atoms with Crippen LogP contribution in [0, 0.1) is 11.3 Å². The van der Waals surface area contributed by atoms with Crippen LogP contribution in [0.15, 0.2) is 36.8 Å². The molecule has 0 aliphatic rings. The average molecular weight is 225 g/mol. The van der Waals surface area contributed by atoms with Crippen molar-refractivity contribution in [3.8, 4) is 6.07 Å². The molecule has 0 bridgehead atoms. The first kappa shape index (κ1) is 11.1. The number of hydrogen-bond donors (Lipinski definition) is 0. The van der Waals surface area contributed by atoms with Crippen LogP contribution in [0.1, 0.15) is 21.6 Å². The fourth-order valence-electron chi connectivity index (χ4n) is 1.61. The number of carbonyl (C=O) groups is 1. The Hall–Kier alpha value is -2.41. The highest BCUT2D eigenvalue weighted by atomic mass is 16.1. The van der Waals surface area contributed by atoms with Crippen molar-refractivity contribution in [3.05, 3.63) is 53.6 Å². The molecule has 4 nitrogen and oxygen atoms in total. The number of hydrogen-bond acceptors (Lipinski definition) is 3. The van der Waals surface area contributed by atoms with Crippen LogP contribution < -0.4 is 0 Å². The van der Waals surface area contributed by atoms with Crippen LogP contribution in [-0.2, 0) is 13.0 Å².